The molecule has 0 atom stereocenters. The lowest BCUT2D eigenvalue weighted by Crippen LogP contribution is -2.39. The van der Waals surface area contributed by atoms with E-state index in [1.54, 1.807) is 36.2 Å². The molecule has 1 aliphatic rings. The minimum atomic E-state index is -3.24. The molecule has 0 unspecified atom stereocenters. The standard InChI is InChI=1S/C20H21F2N5O3/c1-11(28)24-16-8-15-12(10-23-16)4-5-27(15)17-9-18(26-19(25-17)20(2,21)22)30-14-6-13(7-14)29-3/h4-5,8-10,13-14H,6-7H2,1-3H3,(H,23,24,28). The number of hydrogen-bond acceptors (Lipinski definition) is 6. The highest BCUT2D eigenvalue weighted by Crippen LogP contribution is 2.31. The number of methoxy groups -OCH3 is 1. The van der Waals surface area contributed by atoms with Gasteiger partial charge in [0, 0.05) is 63.7 Å². The number of nitrogens with one attached hydrogen (secondary N) is 1. The van der Waals surface area contributed by atoms with Crippen molar-refractivity contribution in [3.05, 3.63) is 36.4 Å². The fourth-order valence-electron chi connectivity index (χ4n) is 3.25. The summed E-state index contributed by atoms with van der Waals surface area (Å²) < 4.78 is 40.8. The molecule has 0 aliphatic heterocycles. The number of anilines is 1. The summed E-state index contributed by atoms with van der Waals surface area (Å²) in [5.41, 5.74) is 0.645. The number of fused-ring (bicyclic) bond motifs is 1. The maximum absolute atomic E-state index is 14.1. The Hall–Kier alpha value is -3.14. The van der Waals surface area contributed by atoms with Gasteiger partial charge < -0.3 is 19.4 Å². The van der Waals surface area contributed by atoms with E-state index in [4.69, 9.17) is 9.47 Å². The number of carbonyl (C=O) groups is 1. The van der Waals surface area contributed by atoms with Crippen LogP contribution in [-0.2, 0) is 15.5 Å². The van der Waals surface area contributed by atoms with Crippen molar-refractivity contribution in [1.82, 2.24) is 19.5 Å². The zero-order valence-corrected chi connectivity index (χ0v) is 16.7. The fraction of sp³-hybridized carbons (Fsp3) is 0.400. The van der Waals surface area contributed by atoms with Gasteiger partial charge in [0.25, 0.3) is 0 Å². The highest BCUT2D eigenvalue weighted by Gasteiger charge is 2.33. The van der Waals surface area contributed by atoms with Crippen molar-refractivity contribution in [3.8, 4) is 11.7 Å². The number of pyridine rings is 1. The molecule has 0 aromatic carbocycles. The second-order valence-electron chi connectivity index (χ2n) is 7.34. The monoisotopic (exact) mass is 417 g/mol. The van der Waals surface area contributed by atoms with Gasteiger partial charge >= 0.3 is 5.92 Å². The highest BCUT2D eigenvalue weighted by molar-refractivity contribution is 5.91. The molecular weight excluding hydrogens is 396 g/mol. The first-order valence-electron chi connectivity index (χ1n) is 9.45. The minimum Gasteiger partial charge on any atom is -0.474 e. The Bertz CT molecular complexity index is 1090. The number of carbonyl (C=O) groups excluding carboxylic acids is 1. The van der Waals surface area contributed by atoms with Crippen molar-refractivity contribution in [2.24, 2.45) is 0 Å². The summed E-state index contributed by atoms with van der Waals surface area (Å²) in [6, 6.07) is 4.95. The van der Waals surface area contributed by atoms with E-state index in [1.807, 2.05) is 0 Å². The van der Waals surface area contributed by atoms with Gasteiger partial charge in [-0.2, -0.15) is 13.8 Å². The number of rotatable bonds is 6. The van der Waals surface area contributed by atoms with E-state index in [-0.39, 0.29) is 29.8 Å². The molecule has 1 fully saturated rings. The number of hydrogen-bond donors (Lipinski definition) is 1. The van der Waals surface area contributed by atoms with E-state index in [9.17, 15) is 13.6 Å². The summed E-state index contributed by atoms with van der Waals surface area (Å²) >= 11 is 0. The number of amides is 1. The summed E-state index contributed by atoms with van der Waals surface area (Å²) in [4.78, 5) is 23.5. The molecule has 4 rings (SSSR count). The van der Waals surface area contributed by atoms with Gasteiger partial charge in [-0.3, -0.25) is 4.79 Å². The number of aromatic nitrogens is 4. The first kappa shape index (κ1) is 20.1. The maximum atomic E-state index is 14.1. The summed E-state index contributed by atoms with van der Waals surface area (Å²) in [6.45, 7) is 2.12. The second kappa shape index (κ2) is 7.60. The molecule has 30 heavy (non-hydrogen) atoms. The van der Waals surface area contributed by atoms with Gasteiger partial charge in [0.1, 0.15) is 17.7 Å². The van der Waals surface area contributed by atoms with Crippen molar-refractivity contribution in [3.63, 3.8) is 0 Å². The zero-order valence-electron chi connectivity index (χ0n) is 16.7. The van der Waals surface area contributed by atoms with Crippen molar-refractivity contribution >= 4 is 22.6 Å². The van der Waals surface area contributed by atoms with Gasteiger partial charge in [0.2, 0.25) is 17.6 Å². The third-order valence-corrected chi connectivity index (χ3v) is 4.88. The van der Waals surface area contributed by atoms with Crippen LogP contribution in [0.2, 0.25) is 0 Å². The van der Waals surface area contributed by atoms with Crippen LogP contribution in [0.4, 0.5) is 14.6 Å². The highest BCUT2D eigenvalue weighted by atomic mass is 19.3. The summed E-state index contributed by atoms with van der Waals surface area (Å²) in [6.07, 6.45) is 4.59. The van der Waals surface area contributed by atoms with Gasteiger partial charge in [0.15, 0.2) is 0 Å². The minimum absolute atomic E-state index is 0.0778. The Morgan fingerprint density at radius 3 is 2.70 bits per heavy atom. The van der Waals surface area contributed by atoms with Crippen molar-refractivity contribution in [2.45, 2.75) is 44.8 Å². The van der Waals surface area contributed by atoms with Crippen LogP contribution < -0.4 is 10.1 Å². The smallest absolute Gasteiger partial charge is 0.304 e. The van der Waals surface area contributed by atoms with Gasteiger partial charge in [-0.15, -0.1) is 0 Å². The fourth-order valence-corrected chi connectivity index (χ4v) is 3.25. The Morgan fingerprint density at radius 1 is 1.27 bits per heavy atom. The Morgan fingerprint density at radius 2 is 2.03 bits per heavy atom. The molecule has 1 amide bonds. The largest absolute Gasteiger partial charge is 0.474 e. The second-order valence-corrected chi connectivity index (χ2v) is 7.34. The summed E-state index contributed by atoms with van der Waals surface area (Å²) in [5.74, 6) is -3.48. The lowest BCUT2D eigenvalue weighted by molar-refractivity contribution is -0.114. The van der Waals surface area contributed by atoms with Crippen molar-refractivity contribution < 1.29 is 23.0 Å². The number of halogens is 2. The Labute approximate surface area is 171 Å². The summed E-state index contributed by atoms with van der Waals surface area (Å²) in [5, 5.41) is 3.37. The Kier molecular flexibility index (Phi) is 5.10. The van der Waals surface area contributed by atoms with Crippen molar-refractivity contribution in [2.75, 3.05) is 12.4 Å². The van der Waals surface area contributed by atoms with Crippen LogP contribution in [-0.4, -0.2) is 44.7 Å². The molecule has 10 heteroatoms. The molecule has 1 aliphatic carbocycles. The quantitative estimate of drug-likeness (QED) is 0.661. The van der Waals surface area contributed by atoms with Gasteiger partial charge in [-0.05, 0) is 6.07 Å². The van der Waals surface area contributed by atoms with E-state index in [2.05, 4.69) is 20.3 Å². The average Bonchev–Trinajstić information content (AvgIpc) is 3.06. The van der Waals surface area contributed by atoms with E-state index in [0.717, 1.165) is 12.3 Å². The van der Waals surface area contributed by atoms with Crippen LogP contribution in [0.1, 0.15) is 32.5 Å². The van der Waals surface area contributed by atoms with E-state index < -0.39 is 11.7 Å². The molecule has 8 nitrogen and oxygen atoms in total. The molecule has 3 aromatic rings. The van der Waals surface area contributed by atoms with Gasteiger partial charge in [-0.25, -0.2) is 9.97 Å². The van der Waals surface area contributed by atoms with Crippen LogP contribution in [0.15, 0.2) is 30.6 Å². The van der Waals surface area contributed by atoms with Crippen LogP contribution >= 0.6 is 0 Å². The van der Waals surface area contributed by atoms with Gasteiger partial charge in [0.05, 0.1) is 11.6 Å². The number of nitrogens with zero attached hydrogens (tertiary/aromatic N) is 4. The molecule has 3 aromatic heterocycles. The summed E-state index contributed by atoms with van der Waals surface area (Å²) in [7, 11) is 1.63. The van der Waals surface area contributed by atoms with Crippen molar-refractivity contribution in [1.29, 1.82) is 0 Å². The van der Waals surface area contributed by atoms with Crippen LogP contribution in [0, 0.1) is 0 Å². The molecule has 3 heterocycles. The molecule has 158 valence electrons. The lowest BCUT2D eigenvalue weighted by atomic mass is 9.92. The molecule has 0 radical (unpaired) electrons. The third-order valence-electron chi connectivity index (χ3n) is 4.88. The Balaban J connectivity index is 1.74. The van der Waals surface area contributed by atoms with Crippen LogP contribution in [0.3, 0.4) is 0 Å². The predicted octanol–water partition coefficient (Wildman–Crippen LogP) is 3.44. The van der Waals surface area contributed by atoms with E-state index in [0.29, 0.717) is 24.2 Å². The van der Waals surface area contributed by atoms with Crippen LogP contribution in [0.5, 0.6) is 5.88 Å². The van der Waals surface area contributed by atoms with Gasteiger partial charge in [-0.1, -0.05) is 0 Å². The van der Waals surface area contributed by atoms with E-state index in [1.165, 1.54) is 13.0 Å². The molecule has 1 saturated carbocycles. The maximum Gasteiger partial charge on any atom is 0.304 e. The normalized spacial score (nSPS) is 18.8. The molecule has 1 N–H and O–H groups in total. The zero-order chi connectivity index (χ0) is 21.5. The van der Waals surface area contributed by atoms with E-state index >= 15 is 0 Å². The van der Waals surface area contributed by atoms with Crippen LogP contribution in [0.25, 0.3) is 16.7 Å². The SMILES string of the molecule is COC1CC(Oc2cc(-n3ccc4cnc(NC(C)=O)cc43)nc(C(C)(F)F)n2)C1. The molecule has 0 spiro atoms. The lowest BCUT2D eigenvalue weighted by Gasteiger charge is -2.33. The average molecular weight is 417 g/mol. The number of alkyl halides is 2. The molecular formula is C20H21F2N5O3. The predicted molar refractivity (Wildman–Crippen MR) is 105 cm³/mol. The number of ether oxygens (including phenoxy) is 2. The first-order chi connectivity index (χ1) is 14.2. The topological polar surface area (TPSA) is 91.2 Å². The first-order valence-corrected chi connectivity index (χ1v) is 9.45. The molecule has 0 saturated heterocycles. The third kappa shape index (κ3) is 4.09. The molecule has 0 bridgehead atoms.